The molecule has 3 heteroatoms. The van der Waals surface area contributed by atoms with E-state index in [2.05, 4.69) is 31.9 Å². The molecule has 4 fully saturated rings. The smallest absolute Gasteiger partial charge is 0.219 e. The van der Waals surface area contributed by atoms with E-state index < -0.39 is 0 Å². The van der Waals surface area contributed by atoms with Crippen molar-refractivity contribution in [3.8, 4) is 0 Å². The number of amides is 1. The highest BCUT2D eigenvalue weighted by Crippen LogP contribution is 2.68. The minimum Gasteiger partial charge on any atom is -0.343 e. The van der Waals surface area contributed by atoms with Crippen LogP contribution >= 0.6 is 0 Å². The molecule has 0 aromatic heterocycles. The monoisotopic (exact) mass is 384 g/mol. The van der Waals surface area contributed by atoms with E-state index in [-0.39, 0.29) is 5.91 Å². The number of hydrogen-bond acceptors (Lipinski definition) is 2. The fourth-order valence-corrected chi connectivity index (χ4v) is 9.03. The Kier molecular flexibility index (Phi) is 4.33. The molecule has 1 aliphatic heterocycles. The molecule has 0 N–H and O–H groups in total. The highest BCUT2D eigenvalue weighted by Gasteiger charge is 2.63. The van der Waals surface area contributed by atoms with Crippen molar-refractivity contribution in [2.75, 3.05) is 20.6 Å². The number of hydrogen-bond donors (Lipinski definition) is 0. The summed E-state index contributed by atoms with van der Waals surface area (Å²) in [5, 5.41) is 0. The number of nitrogens with zero attached hydrogens (tertiary/aromatic N) is 2. The Labute approximate surface area is 171 Å². The van der Waals surface area contributed by atoms with Crippen molar-refractivity contribution in [1.29, 1.82) is 0 Å². The zero-order chi connectivity index (χ0) is 19.8. The van der Waals surface area contributed by atoms with E-state index in [1.165, 1.54) is 51.5 Å². The van der Waals surface area contributed by atoms with Gasteiger partial charge in [-0.25, -0.2) is 0 Å². The quantitative estimate of drug-likeness (QED) is 0.610. The second kappa shape index (κ2) is 6.33. The lowest BCUT2D eigenvalue weighted by atomic mass is 9.47. The van der Waals surface area contributed by atoms with Crippen LogP contribution in [-0.4, -0.2) is 48.4 Å². The van der Waals surface area contributed by atoms with Gasteiger partial charge in [-0.3, -0.25) is 4.79 Å². The summed E-state index contributed by atoms with van der Waals surface area (Å²) in [6.45, 7) is 8.15. The SMILES string of the molecule is CC(=O)N(C)[C@H]1CC[C@@]2(C)C(=CC[C@@H]3[C@H]2CC[C@]24CN(C)[C@@H](C)[C@H]2CC[C@@H]34)C1. The number of rotatable bonds is 1. The van der Waals surface area contributed by atoms with Gasteiger partial charge >= 0.3 is 0 Å². The molecule has 1 saturated heterocycles. The summed E-state index contributed by atoms with van der Waals surface area (Å²) in [5.41, 5.74) is 2.72. The molecule has 0 radical (unpaired) electrons. The fourth-order valence-electron chi connectivity index (χ4n) is 9.03. The van der Waals surface area contributed by atoms with Crippen molar-refractivity contribution >= 4 is 5.91 Å². The lowest BCUT2D eigenvalue weighted by Crippen LogP contribution is -2.52. The first-order valence-electron chi connectivity index (χ1n) is 11.9. The molecule has 0 aromatic rings. The average Bonchev–Trinajstić information content (AvgIpc) is 3.14. The van der Waals surface area contributed by atoms with Crippen LogP contribution in [0.3, 0.4) is 0 Å². The van der Waals surface area contributed by atoms with Crippen LogP contribution in [0.25, 0.3) is 0 Å². The normalized spacial score (nSPS) is 50.2. The molecule has 8 atom stereocenters. The summed E-state index contributed by atoms with van der Waals surface area (Å²) < 4.78 is 0. The van der Waals surface area contributed by atoms with Gasteiger partial charge in [0, 0.05) is 32.6 Å². The summed E-state index contributed by atoms with van der Waals surface area (Å²) in [6.07, 6.45) is 13.4. The van der Waals surface area contributed by atoms with Gasteiger partial charge in [-0.2, -0.15) is 0 Å². The molecule has 5 rings (SSSR count). The van der Waals surface area contributed by atoms with Crippen molar-refractivity contribution in [1.82, 2.24) is 9.80 Å². The molecule has 0 bridgehead atoms. The maximum Gasteiger partial charge on any atom is 0.219 e. The van der Waals surface area contributed by atoms with Crippen molar-refractivity contribution in [3.63, 3.8) is 0 Å². The van der Waals surface area contributed by atoms with Crippen LogP contribution in [0.4, 0.5) is 0 Å². The van der Waals surface area contributed by atoms with E-state index in [0.717, 1.165) is 36.1 Å². The molecule has 28 heavy (non-hydrogen) atoms. The second-order valence-corrected chi connectivity index (χ2v) is 11.4. The van der Waals surface area contributed by atoms with E-state index in [0.29, 0.717) is 16.9 Å². The Morgan fingerprint density at radius 1 is 1.14 bits per heavy atom. The lowest BCUT2D eigenvalue weighted by molar-refractivity contribution is -0.130. The third-order valence-electron chi connectivity index (χ3n) is 10.7. The van der Waals surface area contributed by atoms with Gasteiger partial charge in [0.15, 0.2) is 0 Å². The van der Waals surface area contributed by atoms with Crippen LogP contribution in [0.1, 0.15) is 72.1 Å². The third-order valence-corrected chi connectivity index (χ3v) is 10.7. The first-order valence-corrected chi connectivity index (χ1v) is 11.9. The number of carbonyl (C=O) groups excluding carboxylic acids is 1. The van der Waals surface area contributed by atoms with Crippen molar-refractivity contribution in [3.05, 3.63) is 11.6 Å². The summed E-state index contributed by atoms with van der Waals surface area (Å²) in [5.74, 6) is 3.91. The summed E-state index contributed by atoms with van der Waals surface area (Å²) in [4.78, 5) is 16.6. The Bertz CT molecular complexity index is 701. The Morgan fingerprint density at radius 3 is 2.64 bits per heavy atom. The van der Waals surface area contributed by atoms with Gasteiger partial charge in [-0.05, 0) is 99.8 Å². The van der Waals surface area contributed by atoms with Crippen LogP contribution in [0.2, 0.25) is 0 Å². The Morgan fingerprint density at radius 2 is 1.89 bits per heavy atom. The van der Waals surface area contributed by atoms with Crippen LogP contribution in [0, 0.1) is 34.5 Å². The van der Waals surface area contributed by atoms with Gasteiger partial charge in [0.25, 0.3) is 0 Å². The highest BCUT2D eigenvalue weighted by molar-refractivity contribution is 5.73. The summed E-state index contributed by atoms with van der Waals surface area (Å²) >= 11 is 0. The first-order chi connectivity index (χ1) is 13.3. The van der Waals surface area contributed by atoms with Crippen molar-refractivity contribution in [2.45, 2.75) is 84.2 Å². The van der Waals surface area contributed by atoms with Gasteiger partial charge in [-0.1, -0.05) is 18.6 Å². The van der Waals surface area contributed by atoms with Gasteiger partial charge in [0.2, 0.25) is 5.91 Å². The molecule has 0 aromatic carbocycles. The maximum absolute atomic E-state index is 11.9. The van der Waals surface area contributed by atoms with E-state index in [9.17, 15) is 4.79 Å². The molecule has 5 aliphatic rings. The standard InChI is InChI=1S/C25H40N2O/c1-16-21-8-9-23-20-7-6-18-14-19(27(5)17(2)28)10-12-24(18,3)22(20)11-13-25(21,23)15-26(16)4/h6,16,19-23H,7-15H2,1-5H3/t16-,19-,20+,21+,22+,23-,24-,25-/m0/s1. The second-order valence-electron chi connectivity index (χ2n) is 11.4. The molecule has 156 valence electrons. The number of fused-ring (bicyclic) bond motifs is 4. The molecule has 1 amide bonds. The van der Waals surface area contributed by atoms with E-state index in [1.807, 2.05) is 11.9 Å². The van der Waals surface area contributed by atoms with Crippen LogP contribution in [0.15, 0.2) is 11.6 Å². The lowest BCUT2D eigenvalue weighted by Gasteiger charge is -2.58. The topological polar surface area (TPSA) is 23.6 Å². The van der Waals surface area contributed by atoms with Crippen LogP contribution in [0.5, 0.6) is 0 Å². The molecule has 1 spiro atoms. The zero-order valence-electron chi connectivity index (χ0n) is 18.7. The highest BCUT2D eigenvalue weighted by atomic mass is 16.2. The molecular formula is C25H40N2O. The zero-order valence-corrected chi connectivity index (χ0v) is 18.7. The Balaban J connectivity index is 1.42. The van der Waals surface area contributed by atoms with Gasteiger partial charge in [-0.15, -0.1) is 0 Å². The number of carbonyl (C=O) groups is 1. The minimum atomic E-state index is 0.221. The maximum atomic E-state index is 11.9. The molecule has 3 nitrogen and oxygen atoms in total. The summed E-state index contributed by atoms with van der Waals surface area (Å²) in [7, 11) is 4.37. The largest absolute Gasteiger partial charge is 0.343 e. The average molecular weight is 385 g/mol. The fraction of sp³-hybridized carbons (Fsp3) is 0.880. The summed E-state index contributed by atoms with van der Waals surface area (Å²) in [6, 6.07) is 1.20. The van der Waals surface area contributed by atoms with Crippen LogP contribution in [-0.2, 0) is 4.79 Å². The molecule has 4 aliphatic carbocycles. The predicted molar refractivity (Wildman–Crippen MR) is 114 cm³/mol. The number of allylic oxidation sites excluding steroid dienone is 1. The van der Waals surface area contributed by atoms with Gasteiger partial charge in [0.1, 0.15) is 0 Å². The van der Waals surface area contributed by atoms with E-state index >= 15 is 0 Å². The first kappa shape index (κ1) is 19.2. The van der Waals surface area contributed by atoms with E-state index in [4.69, 9.17) is 0 Å². The minimum absolute atomic E-state index is 0.221. The van der Waals surface area contributed by atoms with Crippen molar-refractivity contribution < 1.29 is 4.79 Å². The molecule has 3 saturated carbocycles. The Hall–Kier alpha value is -0.830. The molecular weight excluding hydrogens is 344 g/mol. The van der Waals surface area contributed by atoms with Gasteiger partial charge < -0.3 is 9.80 Å². The predicted octanol–water partition coefficient (Wildman–Crippen LogP) is 4.73. The van der Waals surface area contributed by atoms with Gasteiger partial charge in [0.05, 0.1) is 0 Å². The number of likely N-dealkylation sites (tertiary alicyclic amines) is 1. The van der Waals surface area contributed by atoms with E-state index in [1.54, 1.807) is 12.5 Å². The molecule has 1 heterocycles. The van der Waals surface area contributed by atoms with Crippen molar-refractivity contribution in [2.24, 2.45) is 34.5 Å². The van der Waals surface area contributed by atoms with Crippen LogP contribution < -0.4 is 0 Å². The molecule has 0 unspecified atom stereocenters. The third kappa shape index (κ3) is 2.41.